The maximum atomic E-state index is 2.51. The van der Waals surface area contributed by atoms with Crippen molar-refractivity contribution >= 4 is 0 Å². The van der Waals surface area contributed by atoms with E-state index in [1.165, 1.54) is 32.1 Å². The smallest absolute Gasteiger partial charge is 0.00436 e. The van der Waals surface area contributed by atoms with Crippen molar-refractivity contribution in [3.05, 3.63) is 48.6 Å². The maximum Gasteiger partial charge on any atom is -0.00436 e. The summed E-state index contributed by atoms with van der Waals surface area (Å²) in [6.07, 6.45) is 26.0. The minimum atomic E-state index is 0.517. The molecule has 0 bridgehead atoms. The first-order valence-corrected chi connectivity index (χ1v) is 7.05. The van der Waals surface area contributed by atoms with Gasteiger partial charge in [-0.15, -0.1) is 0 Å². The number of fused-ring (bicyclic) bond motifs is 2. The van der Waals surface area contributed by atoms with E-state index in [4.69, 9.17) is 0 Å². The predicted molar refractivity (Wildman–Crippen MR) is 71.5 cm³/mol. The van der Waals surface area contributed by atoms with Crippen molar-refractivity contribution < 1.29 is 0 Å². The molecule has 0 nitrogen and oxygen atoms in total. The Morgan fingerprint density at radius 1 is 0.765 bits per heavy atom. The molecular formula is C17H20. The number of allylic oxidation sites excluding steroid dienone is 8. The van der Waals surface area contributed by atoms with Crippen molar-refractivity contribution in [3.8, 4) is 0 Å². The third-order valence-electron chi connectivity index (χ3n) is 5.74. The highest BCUT2D eigenvalue weighted by atomic mass is 14.6. The van der Waals surface area contributed by atoms with Crippen LogP contribution in [0.5, 0.6) is 0 Å². The summed E-state index contributed by atoms with van der Waals surface area (Å²) in [5.74, 6) is 1.67. The second kappa shape index (κ2) is 3.25. The molecule has 0 aromatic rings. The molecule has 4 atom stereocenters. The van der Waals surface area contributed by atoms with Crippen molar-refractivity contribution in [2.75, 3.05) is 0 Å². The van der Waals surface area contributed by atoms with Gasteiger partial charge in [-0.25, -0.2) is 0 Å². The van der Waals surface area contributed by atoms with Gasteiger partial charge in [0.05, 0.1) is 0 Å². The summed E-state index contributed by atoms with van der Waals surface area (Å²) in [4.78, 5) is 0. The van der Waals surface area contributed by atoms with Crippen molar-refractivity contribution in [2.45, 2.75) is 32.1 Å². The van der Waals surface area contributed by atoms with Gasteiger partial charge in [-0.3, -0.25) is 0 Å². The monoisotopic (exact) mass is 224 g/mol. The van der Waals surface area contributed by atoms with E-state index >= 15 is 0 Å². The lowest BCUT2D eigenvalue weighted by Gasteiger charge is -2.58. The number of hydrogen-bond acceptors (Lipinski definition) is 0. The lowest BCUT2D eigenvalue weighted by molar-refractivity contribution is 0.00234. The summed E-state index contributed by atoms with van der Waals surface area (Å²) in [6, 6.07) is 0. The van der Waals surface area contributed by atoms with Crippen LogP contribution in [-0.2, 0) is 0 Å². The van der Waals surface area contributed by atoms with Gasteiger partial charge in [-0.2, -0.15) is 0 Å². The molecule has 4 unspecified atom stereocenters. The fourth-order valence-corrected chi connectivity index (χ4v) is 4.41. The summed E-state index contributed by atoms with van der Waals surface area (Å²) in [7, 11) is 0. The fourth-order valence-electron chi connectivity index (χ4n) is 4.41. The van der Waals surface area contributed by atoms with Gasteiger partial charge in [0, 0.05) is 0 Å². The van der Waals surface area contributed by atoms with E-state index in [2.05, 4.69) is 48.6 Å². The quantitative estimate of drug-likeness (QED) is 0.651. The third-order valence-corrected chi connectivity index (χ3v) is 5.74. The first kappa shape index (κ1) is 9.94. The van der Waals surface area contributed by atoms with Gasteiger partial charge in [-0.1, -0.05) is 48.6 Å². The van der Waals surface area contributed by atoms with Gasteiger partial charge in [0.15, 0.2) is 0 Å². The zero-order chi connectivity index (χ0) is 11.3. The van der Waals surface area contributed by atoms with E-state index in [0.717, 1.165) is 11.8 Å². The largest absolute Gasteiger partial charge is 0.0806 e. The molecule has 2 fully saturated rings. The van der Waals surface area contributed by atoms with Crippen LogP contribution in [0.2, 0.25) is 0 Å². The van der Waals surface area contributed by atoms with E-state index < -0.39 is 0 Å². The van der Waals surface area contributed by atoms with Crippen LogP contribution in [0.3, 0.4) is 0 Å². The Balaban J connectivity index is 1.62. The Labute approximate surface area is 104 Å². The Bertz CT molecular complexity index is 409. The molecule has 0 radical (unpaired) electrons. The first-order valence-electron chi connectivity index (χ1n) is 7.05. The van der Waals surface area contributed by atoms with Gasteiger partial charge >= 0.3 is 0 Å². The van der Waals surface area contributed by atoms with E-state index in [9.17, 15) is 0 Å². The van der Waals surface area contributed by atoms with Crippen LogP contribution in [0, 0.1) is 22.7 Å². The lowest BCUT2D eigenvalue weighted by Crippen LogP contribution is -2.48. The van der Waals surface area contributed by atoms with Gasteiger partial charge in [-0.05, 0) is 54.8 Å². The van der Waals surface area contributed by atoms with Crippen LogP contribution < -0.4 is 0 Å². The average Bonchev–Trinajstić information content (AvgIpc) is 2.29. The molecule has 4 aliphatic rings. The number of hydrogen-bond donors (Lipinski definition) is 0. The molecule has 0 aliphatic heterocycles. The van der Waals surface area contributed by atoms with E-state index in [0.29, 0.717) is 10.8 Å². The van der Waals surface area contributed by atoms with Crippen molar-refractivity contribution in [1.82, 2.24) is 0 Å². The second-order valence-electron chi connectivity index (χ2n) is 6.42. The minimum absolute atomic E-state index is 0.517. The maximum absolute atomic E-state index is 2.51. The summed E-state index contributed by atoms with van der Waals surface area (Å²) in [5, 5.41) is 0. The van der Waals surface area contributed by atoms with E-state index in [-0.39, 0.29) is 0 Å². The van der Waals surface area contributed by atoms with E-state index in [1.54, 1.807) is 0 Å². The van der Waals surface area contributed by atoms with Crippen LogP contribution in [0.1, 0.15) is 32.1 Å². The second-order valence-corrected chi connectivity index (χ2v) is 6.42. The summed E-state index contributed by atoms with van der Waals surface area (Å²) >= 11 is 0. The SMILES string of the molecule is C1=CC2CCC2(CC23C=CC=CC2CC3)C=C1. The average molecular weight is 224 g/mol. The fraction of sp³-hybridized carbons (Fsp3) is 0.529. The normalized spacial score (nSPS) is 49.2. The Morgan fingerprint density at radius 3 is 1.65 bits per heavy atom. The molecule has 0 aromatic carbocycles. The van der Waals surface area contributed by atoms with Crippen LogP contribution in [0.25, 0.3) is 0 Å². The molecule has 2 saturated carbocycles. The predicted octanol–water partition coefficient (Wildman–Crippen LogP) is 4.42. The van der Waals surface area contributed by atoms with E-state index in [1.807, 2.05) is 0 Å². The van der Waals surface area contributed by atoms with Crippen molar-refractivity contribution in [3.63, 3.8) is 0 Å². The zero-order valence-corrected chi connectivity index (χ0v) is 10.3. The summed E-state index contributed by atoms with van der Waals surface area (Å²) in [6.45, 7) is 0. The first-order chi connectivity index (χ1) is 8.33. The molecule has 4 rings (SSSR count). The highest BCUT2D eigenvalue weighted by molar-refractivity contribution is 5.30. The molecule has 0 heteroatoms. The molecule has 4 aliphatic carbocycles. The van der Waals surface area contributed by atoms with Crippen LogP contribution >= 0.6 is 0 Å². The molecule has 0 heterocycles. The Hall–Kier alpha value is -1.04. The number of rotatable bonds is 2. The Morgan fingerprint density at radius 2 is 1.29 bits per heavy atom. The van der Waals surface area contributed by atoms with Gasteiger partial charge < -0.3 is 0 Å². The van der Waals surface area contributed by atoms with Crippen LogP contribution in [0.15, 0.2) is 48.6 Å². The van der Waals surface area contributed by atoms with Gasteiger partial charge in [0.25, 0.3) is 0 Å². The molecular weight excluding hydrogens is 204 g/mol. The molecule has 0 N–H and O–H groups in total. The van der Waals surface area contributed by atoms with Gasteiger partial charge in [0.1, 0.15) is 0 Å². The zero-order valence-electron chi connectivity index (χ0n) is 10.3. The Kier molecular flexibility index (Phi) is 1.90. The molecule has 0 spiro atoms. The van der Waals surface area contributed by atoms with Crippen LogP contribution in [0.4, 0.5) is 0 Å². The highest BCUT2D eigenvalue weighted by Gasteiger charge is 2.53. The minimum Gasteiger partial charge on any atom is -0.0806 e. The van der Waals surface area contributed by atoms with Gasteiger partial charge in [0.2, 0.25) is 0 Å². The lowest BCUT2D eigenvalue weighted by atomic mass is 9.46. The summed E-state index contributed by atoms with van der Waals surface area (Å²) in [5.41, 5.74) is 1.03. The summed E-state index contributed by atoms with van der Waals surface area (Å²) < 4.78 is 0. The molecule has 0 amide bonds. The molecule has 17 heavy (non-hydrogen) atoms. The third kappa shape index (κ3) is 1.24. The topological polar surface area (TPSA) is 0 Å². The standard InChI is InChI=1S/C17H20/c1-3-9-16(11-7-14(16)5-1)13-17-10-4-2-6-15(17)8-12-17/h1-6,9-10,14-15H,7-8,11-13H2. The molecule has 88 valence electrons. The van der Waals surface area contributed by atoms with Crippen molar-refractivity contribution in [2.24, 2.45) is 22.7 Å². The van der Waals surface area contributed by atoms with Crippen molar-refractivity contribution in [1.29, 1.82) is 0 Å². The highest BCUT2D eigenvalue weighted by Crippen LogP contribution is 2.63. The van der Waals surface area contributed by atoms with Crippen LogP contribution in [-0.4, -0.2) is 0 Å². The molecule has 0 saturated heterocycles. The molecule has 0 aromatic heterocycles.